The molecule has 2 heterocycles. The number of halogens is 1. The monoisotopic (exact) mass is 342 g/mol. The molecule has 0 bridgehead atoms. The molecular weight excluding hydrogens is 319 g/mol. The molecule has 2 fully saturated rings. The maximum atomic E-state index is 13.6. The van der Waals surface area contributed by atoms with Gasteiger partial charge in [-0.15, -0.1) is 0 Å². The van der Waals surface area contributed by atoms with Gasteiger partial charge in [0.05, 0.1) is 13.2 Å². The molecule has 0 amide bonds. The number of ether oxygens (including phenoxy) is 1. The predicted octanol–water partition coefficient (Wildman–Crippen LogP) is 1.58. The molecule has 2 aliphatic rings. The number of aryl methyl sites for hydroxylation is 1. The van der Waals surface area contributed by atoms with Crippen molar-refractivity contribution in [2.24, 2.45) is 5.92 Å². The third-order valence-electron chi connectivity index (χ3n) is 4.63. The highest BCUT2D eigenvalue weighted by Crippen LogP contribution is 2.25. The first kappa shape index (κ1) is 16.8. The summed E-state index contributed by atoms with van der Waals surface area (Å²) in [6.45, 7) is 4.55. The maximum Gasteiger partial charge on any atom is 0.282 e. The van der Waals surface area contributed by atoms with Gasteiger partial charge in [0.15, 0.2) is 0 Å². The Bertz CT molecular complexity index is 659. The van der Waals surface area contributed by atoms with Gasteiger partial charge in [-0.2, -0.15) is 17.0 Å². The molecule has 0 radical (unpaired) electrons. The molecule has 0 aromatic heterocycles. The second-order valence-corrected chi connectivity index (χ2v) is 8.25. The molecule has 1 aromatic carbocycles. The van der Waals surface area contributed by atoms with Crippen LogP contribution in [0.25, 0.3) is 0 Å². The summed E-state index contributed by atoms with van der Waals surface area (Å²) in [6, 6.07) is 5.27. The fraction of sp³-hybridized carbons (Fsp3) is 0.625. The van der Waals surface area contributed by atoms with Crippen LogP contribution in [0.15, 0.2) is 18.2 Å². The van der Waals surface area contributed by atoms with E-state index < -0.39 is 10.2 Å². The highest BCUT2D eigenvalue weighted by atomic mass is 32.2. The van der Waals surface area contributed by atoms with E-state index in [1.165, 1.54) is 4.31 Å². The fourth-order valence-corrected chi connectivity index (χ4v) is 4.88. The number of hydrogen-bond acceptors (Lipinski definition) is 3. The van der Waals surface area contributed by atoms with Crippen molar-refractivity contribution in [3.05, 3.63) is 35.1 Å². The molecule has 5 nitrogen and oxygen atoms in total. The molecule has 1 atom stereocenters. The molecule has 2 saturated heterocycles. The summed E-state index contributed by atoms with van der Waals surface area (Å²) in [7, 11) is -3.39. The molecule has 3 rings (SSSR count). The first-order chi connectivity index (χ1) is 11.0. The van der Waals surface area contributed by atoms with E-state index in [9.17, 15) is 12.8 Å². The van der Waals surface area contributed by atoms with E-state index >= 15 is 0 Å². The number of hydrogen-bond donors (Lipinski definition) is 0. The smallest absolute Gasteiger partial charge is 0.282 e. The van der Waals surface area contributed by atoms with Gasteiger partial charge in [0, 0.05) is 26.2 Å². The van der Waals surface area contributed by atoms with Crippen LogP contribution in [0.4, 0.5) is 4.39 Å². The number of nitrogens with zero attached hydrogens (tertiary/aromatic N) is 2. The Kier molecular flexibility index (Phi) is 5.01. The second kappa shape index (κ2) is 6.84. The summed E-state index contributed by atoms with van der Waals surface area (Å²) in [5, 5.41) is 0. The van der Waals surface area contributed by atoms with E-state index in [-0.39, 0.29) is 11.7 Å². The molecule has 7 heteroatoms. The Hall–Kier alpha value is -1.02. The molecule has 1 unspecified atom stereocenters. The van der Waals surface area contributed by atoms with E-state index in [4.69, 9.17) is 4.74 Å². The van der Waals surface area contributed by atoms with Crippen molar-refractivity contribution in [2.45, 2.75) is 19.8 Å². The summed E-state index contributed by atoms with van der Waals surface area (Å²) in [5.41, 5.74) is 1.57. The summed E-state index contributed by atoms with van der Waals surface area (Å²) >= 11 is 0. The van der Waals surface area contributed by atoms with Gasteiger partial charge in [-0.05, 0) is 42.9 Å². The number of morpholine rings is 1. The van der Waals surface area contributed by atoms with Crippen LogP contribution in [-0.4, -0.2) is 56.4 Å². The summed E-state index contributed by atoms with van der Waals surface area (Å²) in [4.78, 5) is 0. The van der Waals surface area contributed by atoms with E-state index in [2.05, 4.69) is 0 Å². The zero-order valence-electron chi connectivity index (χ0n) is 13.4. The minimum absolute atomic E-state index is 0.196. The second-order valence-electron chi connectivity index (χ2n) is 6.32. The third kappa shape index (κ3) is 3.74. The summed E-state index contributed by atoms with van der Waals surface area (Å²) in [5.74, 6) is 0.0474. The van der Waals surface area contributed by atoms with E-state index in [0.717, 1.165) is 12.0 Å². The van der Waals surface area contributed by atoms with Crippen molar-refractivity contribution < 1.29 is 17.5 Å². The quantitative estimate of drug-likeness (QED) is 0.835. The maximum absolute atomic E-state index is 13.6. The predicted molar refractivity (Wildman–Crippen MR) is 85.8 cm³/mol. The van der Waals surface area contributed by atoms with Crippen molar-refractivity contribution in [3.8, 4) is 0 Å². The van der Waals surface area contributed by atoms with Crippen molar-refractivity contribution in [3.63, 3.8) is 0 Å². The van der Waals surface area contributed by atoms with Crippen LogP contribution in [0.1, 0.15) is 17.5 Å². The lowest BCUT2D eigenvalue weighted by molar-refractivity contribution is 0.0705. The zero-order chi connectivity index (χ0) is 16.4. The lowest BCUT2D eigenvalue weighted by Crippen LogP contribution is -2.47. The molecule has 0 aliphatic carbocycles. The van der Waals surface area contributed by atoms with Gasteiger partial charge in [-0.3, -0.25) is 0 Å². The Labute approximate surface area is 137 Å². The largest absolute Gasteiger partial charge is 0.379 e. The molecule has 1 aromatic rings. The van der Waals surface area contributed by atoms with Crippen molar-refractivity contribution in [1.82, 2.24) is 8.61 Å². The standard InChI is InChI=1S/C16H23FN2O3S/c1-13-2-3-14(11-16(13)17)10-15-4-5-19(12-15)23(20,21)18-6-8-22-9-7-18/h2-3,11,15H,4-10,12H2,1H3. The van der Waals surface area contributed by atoms with Gasteiger partial charge in [0.2, 0.25) is 0 Å². The average Bonchev–Trinajstić information content (AvgIpc) is 3.01. The molecule has 0 saturated carbocycles. The third-order valence-corrected chi connectivity index (χ3v) is 6.63. The molecule has 128 valence electrons. The van der Waals surface area contributed by atoms with Crippen LogP contribution in [0.2, 0.25) is 0 Å². The van der Waals surface area contributed by atoms with Crippen LogP contribution in [0.3, 0.4) is 0 Å². The Balaban J connectivity index is 1.62. The van der Waals surface area contributed by atoms with E-state index in [0.29, 0.717) is 51.4 Å². The van der Waals surface area contributed by atoms with E-state index in [1.54, 1.807) is 23.4 Å². The van der Waals surface area contributed by atoms with E-state index in [1.807, 2.05) is 6.07 Å². The first-order valence-electron chi connectivity index (χ1n) is 8.05. The van der Waals surface area contributed by atoms with Crippen molar-refractivity contribution in [2.75, 3.05) is 39.4 Å². The number of rotatable bonds is 4. The zero-order valence-corrected chi connectivity index (χ0v) is 14.2. The van der Waals surface area contributed by atoms with Gasteiger partial charge in [0.25, 0.3) is 10.2 Å². The Morgan fingerprint density at radius 1 is 1.22 bits per heavy atom. The van der Waals surface area contributed by atoms with Gasteiger partial charge < -0.3 is 4.74 Å². The van der Waals surface area contributed by atoms with Crippen molar-refractivity contribution in [1.29, 1.82) is 0 Å². The first-order valence-corrected chi connectivity index (χ1v) is 9.44. The van der Waals surface area contributed by atoms with Gasteiger partial charge in [-0.25, -0.2) is 4.39 Å². The summed E-state index contributed by atoms with van der Waals surface area (Å²) < 4.78 is 47.2. The number of benzene rings is 1. The summed E-state index contributed by atoms with van der Waals surface area (Å²) in [6.07, 6.45) is 1.53. The van der Waals surface area contributed by atoms with Crippen LogP contribution in [-0.2, 0) is 21.4 Å². The minimum Gasteiger partial charge on any atom is -0.379 e. The van der Waals surface area contributed by atoms with Crippen LogP contribution in [0, 0.1) is 18.7 Å². The molecule has 0 N–H and O–H groups in total. The van der Waals surface area contributed by atoms with Gasteiger partial charge >= 0.3 is 0 Å². The van der Waals surface area contributed by atoms with Gasteiger partial charge in [0.1, 0.15) is 5.82 Å². The van der Waals surface area contributed by atoms with Crippen molar-refractivity contribution >= 4 is 10.2 Å². The molecule has 0 spiro atoms. The lowest BCUT2D eigenvalue weighted by atomic mass is 9.98. The SMILES string of the molecule is Cc1ccc(CC2CCN(S(=O)(=O)N3CCOCC3)C2)cc1F. The van der Waals surface area contributed by atoms with Gasteiger partial charge in [-0.1, -0.05) is 12.1 Å². The minimum atomic E-state index is -3.39. The highest BCUT2D eigenvalue weighted by Gasteiger charge is 2.36. The molecule has 23 heavy (non-hydrogen) atoms. The molecule has 2 aliphatic heterocycles. The topological polar surface area (TPSA) is 49.9 Å². The fourth-order valence-electron chi connectivity index (χ4n) is 3.21. The average molecular weight is 342 g/mol. The Morgan fingerprint density at radius 2 is 1.96 bits per heavy atom. The normalized spacial score (nSPS) is 24.2. The van der Waals surface area contributed by atoms with Crippen LogP contribution in [0.5, 0.6) is 0 Å². The van der Waals surface area contributed by atoms with Crippen LogP contribution >= 0.6 is 0 Å². The highest BCUT2D eigenvalue weighted by molar-refractivity contribution is 7.86. The molecular formula is C16H23FN2O3S. The Morgan fingerprint density at radius 3 is 2.65 bits per heavy atom. The lowest BCUT2D eigenvalue weighted by Gasteiger charge is -2.30. The van der Waals surface area contributed by atoms with Crippen LogP contribution < -0.4 is 0 Å².